The van der Waals surface area contributed by atoms with Crippen LogP contribution in [0.25, 0.3) is 0 Å². The minimum atomic E-state index is 0.239. The van der Waals surface area contributed by atoms with Crippen LogP contribution in [0.5, 0.6) is 5.75 Å². The van der Waals surface area contributed by atoms with Crippen LogP contribution in [0.15, 0.2) is 18.2 Å². The van der Waals surface area contributed by atoms with Crippen molar-refractivity contribution in [3.05, 3.63) is 28.8 Å². The average molecular weight is 295 g/mol. The van der Waals surface area contributed by atoms with Gasteiger partial charge in [0.25, 0.3) is 0 Å². The van der Waals surface area contributed by atoms with E-state index in [0.29, 0.717) is 12.0 Å². The molecule has 3 nitrogen and oxygen atoms in total. The predicted octanol–water partition coefficient (Wildman–Crippen LogP) is 2.70. The number of benzene rings is 1. The van der Waals surface area contributed by atoms with E-state index in [2.05, 4.69) is 11.8 Å². The Labute approximate surface area is 126 Å². The normalized spacial score (nSPS) is 30.1. The van der Waals surface area contributed by atoms with Crippen LogP contribution in [0.2, 0.25) is 5.02 Å². The molecule has 2 N–H and O–H groups in total. The van der Waals surface area contributed by atoms with Gasteiger partial charge in [0.2, 0.25) is 0 Å². The van der Waals surface area contributed by atoms with Gasteiger partial charge in [-0.1, -0.05) is 18.5 Å². The number of piperidine rings is 1. The van der Waals surface area contributed by atoms with Gasteiger partial charge in [-0.2, -0.15) is 0 Å². The maximum Gasteiger partial charge on any atom is 0.123 e. The first-order valence-electron chi connectivity index (χ1n) is 7.56. The third kappa shape index (κ3) is 2.80. The molecular weight excluding hydrogens is 272 g/mol. The van der Waals surface area contributed by atoms with Crippen LogP contribution < -0.4 is 10.5 Å². The lowest BCUT2D eigenvalue weighted by Gasteiger charge is -2.40. The van der Waals surface area contributed by atoms with Crippen molar-refractivity contribution in [1.82, 2.24) is 4.90 Å². The summed E-state index contributed by atoms with van der Waals surface area (Å²) in [6.07, 6.45) is 3.75. The molecule has 1 aromatic carbocycles. The number of halogens is 1. The summed E-state index contributed by atoms with van der Waals surface area (Å²) in [6.45, 7) is 5.17. The summed E-state index contributed by atoms with van der Waals surface area (Å²) in [7, 11) is 0. The molecule has 0 amide bonds. The minimum Gasteiger partial charge on any atom is -0.488 e. The molecule has 0 spiro atoms. The molecular formula is C16H23ClN2O. The number of ether oxygens (including phenoxy) is 1. The maximum absolute atomic E-state index is 6.05. The largest absolute Gasteiger partial charge is 0.488 e. The Bertz CT molecular complexity index is 480. The highest BCUT2D eigenvalue weighted by Gasteiger charge is 2.31. The molecule has 4 heteroatoms. The van der Waals surface area contributed by atoms with Gasteiger partial charge in [0.05, 0.1) is 0 Å². The number of nitrogens with two attached hydrogens (primary N) is 1. The van der Waals surface area contributed by atoms with Gasteiger partial charge in [0.15, 0.2) is 0 Å². The third-order valence-electron chi connectivity index (χ3n) is 4.67. The van der Waals surface area contributed by atoms with E-state index in [1.54, 1.807) is 0 Å². The van der Waals surface area contributed by atoms with Crippen LogP contribution in [-0.2, 0) is 6.42 Å². The van der Waals surface area contributed by atoms with Crippen molar-refractivity contribution >= 4 is 11.6 Å². The fourth-order valence-electron chi connectivity index (χ4n) is 3.59. The van der Waals surface area contributed by atoms with Crippen molar-refractivity contribution in [2.45, 2.75) is 38.3 Å². The van der Waals surface area contributed by atoms with E-state index in [9.17, 15) is 0 Å². The van der Waals surface area contributed by atoms with Crippen molar-refractivity contribution in [1.29, 1.82) is 0 Å². The van der Waals surface area contributed by atoms with Crippen molar-refractivity contribution in [3.8, 4) is 5.75 Å². The number of rotatable bonds is 3. The van der Waals surface area contributed by atoms with Crippen molar-refractivity contribution in [2.24, 2.45) is 11.7 Å². The van der Waals surface area contributed by atoms with Crippen LogP contribution in [0.4, 0.5) is 0 Å². The van der Waals surface area contributed by atoms with E-state index in [1.165, 1.54) is 18.4 Å². The molecule has 0 bridgehead atoms. The van der Waals surface area contributed by atoms with Gasteiger partial charge in [-0.25, -0.2) is 0 Å². The standard InChI is InChI=1S/C16H23ClN2O/c1-11-3-2-6-19(15(11)9-18)10-14-8-12-7-13(17)4-5-16(12)20-14/h4-5,7,11,14-15H,2-3,6,8-10,18H2,1H3. The van der Waals surface area contributed by atoms with E-state index < -0.39 is 0 Å². The molecule has 0 aliphatic carbocycles. The number of nitrogens with zero attached hydrogens (tertiary/aromatic N) is 1. The molecule has 2 aliphatic heterocycles. The first-order valence-corrected chi connectivity index (χ1v) is 7.94. The molecule has 20 heavy (non-hydrogen) atoms. The van der Waals surface area contributed by atoms with E-state index in [0.717, 1.165) is 36.8 Å². The number of hydrogen-bond acceptors (Lipinski definition) is 3. The van der Waals surface area contributed by atoms with Crippen LogP contribution in [-0.4, -0.2) is 36.7 Å². The lowest BCUT2D eigenvalue weighted by molar-refractivity contribution is 0.0650. The summed E-state index contributed by atoms with van der Waals surface area (Å²) in [5.41, 5.74) is 7.20. The molecule has 0 aromatic heterocycles. The Kier molecular flexibility index (Phi) is 4.20. The Morgan fingerprint density at radius 1 is 1.45 bits per heavy atom. The molecule has 3 atom stereocenters. The monoisotopic (exact) mass is 294 g/mol. The van der Waals surface area contributed by atoms with Gasteiger partial charge < -0.3 is 10.5 Å². The lowest BCUT2D eigenvalue weighted by atomic mass is 9.90. The zero-order valence-corrected chi connectivity index (χ0v) is 12.8. The zero-order chi connectivity index (χ0) is 14.1. The fourth-order valence-corrected chi connectivity index (χ4v) is 3.79. The fraction of sp³-hybridized carbons (Fsp3) is 0.625. The minimum absolute atomic E-state index is 0.239. The highest BCUT2D eigenvalue weighted by Crippen LogP contribution is 2.32. The summed E-state index contributed by atoms with van der Waals surface area (Å²) < 4.78 is 6.05. The molecule has 1 aromatic rings. The topological polar surface area (TPSA) is 38.5 Å². The maximum atomic E-state index is 6.05. The summed E-state index contributed by atoms with van der Waals surface area (Å²) in [6, 6.07) is 6.40. The first kappa shape index (κ1) is 14.2. The molecule has 3 rings (SSSR count). The van der Waals surface area contributed by atoms with Crippen molar-refractivity contribution in [3.63, 3.8) is 0 Å². The van der Waals surface area contributed by atoms with Crippen LogP contribution in [0, 0.1) is 5.92 Å². The molecule has 110 valence electrons. The van der Waals surface area contributed by atoms with E-state index in [4.69, 9.17) is 22.1 Å². The van der Waals surface area contributed by atoms with Gasteiger partial charge in [-0.3, -0.25) is 4.90 Å². The SMILES string of the molecule is CC1CCCN(CC2Cc3cc(Cl)ccc3O2)C1CN. The predicted molar refractivity (Wildman–Crippen MR) is 82.4 cm³/mol. The second-order valence-electron chi connectivity index (χ2n) is 6.11. The van der Waals surface area contributed by atoms with Gasteiger partial charge in [-0.05, 0) is 49.1 Å². The highest BCUT2D eigenvalue weighted by molar-refractivity contribution is 6.30. The lowest BCUT2D eigenvalue weighted by Crippen LogP contribution is -2.51. The summed E-state index contributed by atoms with van der Waals surface area (Å²) >= 11 is 6.05. The molecule has 3 unspecified atom stereocenters. The first-order chi connectivity index (χ1) is 9.67. The second kappa shape index (κ2) is 5.92. The van der Waals surface area contributed by atoms with Crippen molar-refractivity contribution in [2.75, 3.05) is 19.6 Å². The average Bonchev–Trinajstić information content (AvgIpc) is 2.80. The molecule has 0 radical (unpaired) electrons. The quantitative estimate of drug-likeness (QED) is 0.931. The van der Waals surface area contributed by atoms with Crippen LogP contribution in [0.1, 0.15) is 25.3 Å². The Morgan fingerprint density at radius 2 is 2.30 bits per heavy atom. The van der Waals surface area contributed by atoms with Gasteiger partial charge >= 0.3 is 0 Å². The third-order valence-corrected chi connectivity index (χ3v) is 4.91. The van der Waals surface area contributed by atoms with Gasteiger partial charge in [0, 0.05) is 30.6 Å². The molecule has 0 saturated carbocycles. The Hall–Kier alpha value is -0.770. The van der Waals surface area contributed by atoms with Crippen LogP contribution >= 0.6 is 11.6 Å². The van der Waals surface area contributed by atoms with E-state index >= 15 is 0 Å². The number of hydrogen-bond donors (Lipinski definition) is 1. The molecule has 2 aliphatic rings. The van der Waals surface area contributed by atoms with Crippen LogP contribution in [0.3, 0.4) is 0 Å². The van der Waals surface area contributed by atoms with Gasteiger partial charge in [-0.15, -0.1) is 0 Å². The zero-order valence-electron chi connectivity index (χ0n) is 12.0. The number of likely N-dealkylation sites (tertiary alicyclic amines) is 1. The number of fused-ring (bicyclic) bond motifs is 1. The summed E-state index contributed by atoms with van der Waals surface area (Å²) in [5.74, 6) is 1.68. The Morgan fingerprint density at radius 3 is 3.10 bits per heavy atom. The van der Waals surface area contributed by atoms with E-state index in [-0.39, 0.29) is 6.10 Å². The van der Waals surface area contributed by atoms with E-state index in [1.807, 2.05) is 18.2 Å². The second-order valence-corrected chi connectivity index (χ2v) is 6.55. The van der Waals surface area contributed by atoms with Crippen molar-refractivity contribution < 1.29 is 4.74 Å². The molecule has 1 saturated heterocycles. The summed E-state index contributed by atoms with van der Waals surface area (Å²) in [4.78, 5) is 2.52. The molecule has 1 fully saturated rings. The highest BCUT2D eigenvalue weighted by atomic mass is 35.5. The molecule has 2 heterocycles. The smallest absolute Gasteiger partial charge is 0.123 e. The Balaban J connectivity index is 1.65. The van der Waals surface area contributed by atoms with Gasteiger partial charge in [0.1, 0.15) is 11.9 Å². The summed E-state index contributed by atoms with van der Waals surface area (Å²) in [5, 5.41) is 0.791.